The van der Waals surface area contributed by atoms with Crippen LogP contribution in [0.2, 0.25) is 0 Å². The molecule has 0 radical (unpaired) electrons. The van der Waals surface area contributed by atoms with E-state index in [0.717, 1.165) is 66.2 Å². The van der Waals surface area contributed by atoms with Gasteiger partial charge in [0.15, 0.2) is 0 Å². The summed E-state index contributed by atoms with van der Waals surface area (Å²) in [4.78, 5) is 0. The fraction of sp³-hybridized carbons (Fsp3) is 0. The van der Waals surface area contributed by atoms with Crippen LogP contribution in [0.4, 0.5) is 0 Å². The average molecular weight is 522 g/mol. The zero-order chi connectivity index (χ0) is 27.8. The molecule has 0 spiro atoms. The molecule has 41 heavy (non-hydrogen) atoms. The second-order valence-electron chi connectivity index (χ2n) is 10.8. The molecule has 8 aromatic carbocycles. The Balaban J connectivity index is 1.42. The van der Waals surface area contributed by atoms with Crippen molar-refractivity contribution in [1.29, 1.82) is 0 Å². The Hall–Kier alpha value is -5.40. The molecule has 1 nitrogen and oxygen atoms in total. The van der Waals surface area contributed by atoms with Crippen molar-refractivity contribution < 1.29 is 6.11 Å². The average Bonchev–Trinajstić information content (AvgIpc) is 3.04. The first-order valence-corrected chi connectivity index (χ1v) is 14.0. The van der Waals surface area contributed by atoms with E-state index in [0.29, 0.717) is 6.04 Å². The summed E-state index contributed by atoms with van der Waals surface area (Å²) in [6, 6.07) is 49.5. The molecule has 0 amide bonds. The fourth-order valence-corrected chi connectivity index (χ4v) is 6.78. The van der Waals surface area contributed by atoms with Gasteiger partial charge in [0.05, 0.1) is 1.37 Å². The molecule has 0 atom stereocenters. The minimum atomic E-state index is 0.530. The number of para-hydroxylation sites is 1. The third-order valence-electron chi connectivity index (χ3n) is 8.55. The molecule has 1 aliphatic heterocycles. The van der Waals surface area contributed by atoms with Gasteiger partial charge in [0.1, 0.15) is 11.5 Å². The number of fused-ring (bicyclic) bond motifs is 5. The Labute approximate surface area is 239 Å². The van der Waals surface area contributed by atoms with Gasteiger partial charge in [-0.25, -0.2) is 0 Å². The molecule has 0 aliphatic carbocycles. The van der Waals surface area contributed by atoms with Gasteiger partial charge in [-0.1, -0.05) is 127 Å². The van der Waals surface area contributed by atoms with Crippen LogP contribution in [-0.2, 0) is 0 Å². The number of rotatable bonds is 2. The third-order valence-corrected chi connectivity index (χ3v) is 8.55. The number of benzene rings is 8. The fourth-order valence-electron chi connectivity index (χ4n) is 6.78. The highest BCUT2D eigenvalue weighted by atomic mass is 16.5. The Kier molecular flexibility index (Phi) is 4.47. The van der Waals surface area contributed by atoms with Crippen molar-refractivity contribution >= 4 is 43.1 Å². The van der Waals surface area contributed by atoms with Gasteiger partial charge in [0.2, 0.25) is 0 Å². The Bertz CT molecular complexity index is 2400. The maximum atomic E-state index is 9.18. The van der Waals surface area contributed by atoms with Crippen molar-refractivity contribution in [2.75, 3.05) is 0 Å². The van der Waals surface area contributed by atoms with E-state index in [1.807, 2.05) is 24.3 Å². The molecule has 0 unspecified atom stereocenters. The highest BCUT2D eigenvalue weighted by Gasteiger charge is 2.23. The highest BCUT2D eigenvalue weighted by molar-refractivity contribution is 6.25. The summed E-state index contributed by atoms with van der Waals surface area (Å²) in [6.45, 7) is 0. The molecule has 0 saturated heterocycles. The van der Waals surface area contributed by atoms with Crippen LogP contribution in [0, 0.1) is 0 Å². The van der Waals surface area contributed by atoms with Crippen molar-refractivity contribution in [2.45, 2.75) is 0 Å². The number of hydrogen-bond acceptors (Lipinski definition) is 1. The summed E-state index contributed by atoms with van der Waals surface area (Å²) in [5, 5.41) is 9.08. The Morgan fingerprint density at radius 3 is 1.98 bits per heavy atom. The Morgan fingerprint density at radius 2 is 1.07 bits per heavy atom. The largest absolute Gasteiger partial charge is 0.456 e. The summed E-state index contributed by atoms with van der Waals surface area (Å²) < 4.78 is 15.6. The van der Waals surface area contributed by atoms with Gasteiger partial charge in [0.25, 0.3) is 0 Å². The van der Waals surface area contributed by atoms with Gasteiger partial charge in [0, 0.05) is 10.9 Å². The van der Waals surface area contributed by atoms with Gasteiger partial charge >= 0.3 is 0 Å². The predicted molar refractivity (Wildman–Crippen MR) is 173 cm³/mol. The minimum Gasteiger partial charge on any atom is -0.456 e. The standard InChI is InChI=1S/C40H24O/c1-2-11-26-24-27(21-20-25(26)10-1)38-29-13-3-5-15-31(29)39(32-16-6-4-14-30(32)38)35-23-22-34-28-12-7-8-18-36(28)41-37-19-9-17-33(35)40(34)37/h1-24H/i13D. The van der Waals surface area contributed by atoms with Crippen molar-refractivity contribution in [3.8, 4) is 44.9 Å². The topological polar surface area (TPSA) is 9.23 Å². The Morgan fingerprint density at radius 1 is 0.415 bits per heavy atom. The predicted octanol–water partition coefficient (Wildman–Crippen LogP) is 11.4. The lowest BCUT2D eigenvalue weighted by Gasteiger charge is -2.24. The lowest BCUT2D eigenvalue weighted by Crippen LogP contribution is -1.98. The minimum absolute atomic E-state index is 0.530. The summed E-state index contributed by atoms with van der Waals surface area (Å²) in [5.74, 6) is 1.77. The van der Waals surface area contributed by atoms with Crippen LogP contribution in [0.15, 0.2) is 146 Å². The molecule has 9 rings (SSSR count). The molecule has 1 heterocycles. The maximum absolute atomic E-state index is 9.18. The molecule has 0 saturated carbocycles. The van der Waals surface area contributed by atoms with Gasteiger partial charge in [-0.05, 0) is 83.7 Å². The first-order valence-electron chi connectivity index (χ1n) is 14.5. The summed E-state index contributed by atoms with van der Waals surface area (Å²) >= 11 is 0. The first kappa shape index (κ1) is 21.4. The lowest BCUT2D eigenvalue weighted by molar-refractivity contribution is 0.487. The lowest BCUT2D eigenvalue weighted by atomic mass is 9.83. The molecular formula is C40H24O. The van der Waals surface area contributed by atoms with E-state index in [1.165, 1.54) is 21.7 Å². The monoisotopic (exact) mass is 521 g/mol. The van der Waals surface area contributed by atoms with E-state index < -0.39 is 0 Å². The van der Waals surface area contributed by atoms with Gasteiger partial charge in [-0.2, -0.15) is 0 Å². The zero-order valence-electron chi connectivity index (χ0n) is 23.2. The van der Waals surface area contributed by atoms with E-state index in [2.05, 4.69) is 115 Å². The molecule has 190 valence electrons. The van der Waals surface area contributed by atoms with E-state index >= 15 is 0 Å². The smallest absolute Gasteiger partial charge is 0.135 e. The van der Waals surface area contributed by atoms with Crippen molar-refractivity contribution in [3.63, 3.8) is 0 Å². The van der Waals surface area contributed by atoms with Crippen LogP contribution in [0.1, 0.15) is 1.37 Å². The zero-order valence-corrected chi connectivity index (χ0v) is 22.2. The van der Waals surface area contributed by atoms with Gasteiger partial charge in [-0.3, -0.25) is 0 Å². The van der Waals surface area contributed by atoms with Crippen molar-refractivity contribution in [2.24, 2.45) is 0 Å². The number of hydrogen-bond donors (Lipinski definition) is 0. The van der Waals surface area contributed by atoms with Crippen LogP contribution in [0.25, 0.3) is 76.5 Å². The molecular weight excluding hydrogens is 496 g/mol. The van der Waals surface area contributed by atoms with Crippen molar-refractivity contribution in [3.05, 3.63) is 146 Å². The normalized spacial score (nSPS) is 12.4. The highest BCUT2D eigenvalue weighted by Crippen LogP contribution is 2.51. The molecule has 8 aromatic rings. The van der Waals surface area contributed by atoms with E-state index in [4.69, 9.17) is 4.74 Å². The van der Waals surface area contributed by atoms with Gasteiger partial charge in [-0.15, -0.1) is 0 Å². The molecule has 1 aliphatic rings. The molecule has 1 heteroatoms. The van der Waals surface area contributed by atoms with E-state index in [9.17, 15) is 1.37 Å². The van der Waals surface area contributed by atoms with Crippen LogP contribution in [-0.4, -0.2) is 0 Å². The van der Waals surface area contributed by atoms with Crippen LogP contribution < -0.4 is 4.74 Å². The second-order valence-corrected chi connectivity index (χ2v) is 10.8. The van der Waals surface area contributed by atoms with Crippen LogP contribution >= 0.6 is 0 Å². The molecule has 0 fully saturated rings. The quantitative estimate of drug-likeness (QED) is 0.206. The SMILES string of the molecule is [2H]c1cccc2c(-c3ccc4c5c(cccc35)Oc3ccccc3-4)c3ccccc3c(-c3ccc4ccccc4c3)c12. The first-order chi connectivity index (χ1) is 20.8. The van der Waals surface area contributed by atoms with Crippen molar-refractivity contribution in [1.82, 2.24) is 0 Å². The summed E-state index contributed by atoms with van der Waals surface area (Å²) in [6.07, 6.45) is 0. The molecule has 0 bridgehead atoms. The van der Waals surface area contributed by atoms with E-state index in [1.54, 1.807) is 0 Å². The van der Waals surface area contributed by atoms with Crippen LogP contribution in [0.3, 0.4) is 0 Å². The summed E-state index contributed by atoms with van der Waals surface area (Å²) in [7, 11) is 0. The molecule has 0 N–H and O–H groups in total. The van der Waals surface area contributed by atoms with Crippen LogP contribution in [0.5, 0.6) is 11.5 Å². The van der Waals surface area contributed by atoms with E-state index in [-0.39, 0.29) is 0 Å². The maximum Gasteiger partial charge on any atom is 0.135 e. The van der Waals surface area contributed by atoms with Gasteiger partial charge < -0.3 is 4.74 Å². The summed E-state index contributed by atoms with van der Waals surface area (Å²) in [5.41, 5.74) is 6.84. The third kappa shape index (κ3) is 3.24. The number of ether oxygens (including phenoxy) is 1. The second kappa shape index (κ2) is 8.55. The molecule has 0 aromatic heterocycles.